The molecule has 0 aliphatic heterocycles. The molecule has 0 spiro atoms. The first-order valence-electron chi connectivity index (χ1n) is 26.5. The number of hydrogen-bond donors (Lipinski definition) is 1. The minimum absolute atomic E-state index is 0.0367. The van der Waals surface area contributed by atoms with E-state index in [1.165, 1.54) is 122 Å². The average molecular weight is 911 g/mol. The van der Waals surface area contributed by atoms with Gasteiger partial charge in [-0.05, 0) is 51.4 Å². The number of ether oxygens (including phenoxy) is 3. The lowest BCUT2D eigenvalue weighted by Gasteiger charge is -2.31. The van der Waals surface area contributed by atoms with E-state index in [9.17, 15) is 19.5 Å². The number of hydrogen-bond acceptors (Lipinski definition) is 6. The van der Waals surface area contributed by atoms with Gasteiger partial charge in [-0.25, -0.2) is 4.79 Å². The van der Waals surface area contributed by atoms with Crippen LogP contribution >= 0.6 is 0 Å². The Bertz CT molecular complexity index is 1290. The van der Waals surface area contributed by atoms with Crippen LogP contribution in [0.4, 0.5) is 0 Å². The second-order valence-electron chi connectivity index (χ2n) is 18.8. The van der Waals surface area contributed by atoms with Crippen LogP contribution < -0.4 is 0 Å². The van der Waals surface area contributed by atoms with E-state index in [1.54, 1.807) is 0 Å². The van der Waals surface area contributed by atoms with Crippen LogP contribution in [0.3, 0.4) is 0 Å². The number of allylic oxidation sites excluding steroid dienone is 12. The number of unbranched alkanes of at least 4 members (excludes halogenated alkanes) is 21. The molecule has 374 valence electrons. The number of esters is 2. The molecule has 0 bridgehead atoms. The van der Waals surface area contributed by atoms with Gasteiger partial charge in [-0.2, -0.15) is 0 Å². The molecule has 0 aromatic carbocycles. The first-order chi connectivity index (χ1) is 31.6. The lowest BCUT2D eigenvalue weighted by atomic mass is 10.0. The Morgan fingerprint density at radius 2 is 0.862 bits per heavy atom. The molecule has 0 aromatic heterocycles. The third-order valence-corrected chi connectivity index (χ3v) is 11.6. The van der Waals surface area contributed by atoms with Gasteiger partial charge in [0.1, 0.15) is 6.61 Å². The zero-order valence-electron chi connectivity index (χ0n) is 42.7. The van der Waals surface area contributed by atoms with E-state index in [-0.39, 0.29) is 42.7 Å². The summed E-state index contributed by atoms with van der Waals surface area (Å²) in [6.45, 7) is 4.57. The SMILES string of the molecule is CC/C=C/C/C=C/C/C=C/C/C=C/C/C=C/C/C=C/CCC(=O)OCC(COCCC(C(=O)O)[N+](C)(C)C)OC(=O)CCCCCCCCCCCCCCCCCCCCCCCC. The fourth-order valence-electron chi connectivity index (χ4n) is 7.59. The van der Waals surface area contributed by atoms with E-state index < -0.39 is 18.1 Å². The highest BCUT2D eigenvalue weighted by atomic mass is 16.6. The quantitative estimate of drug-likeness (QED) is 0.0281. The molecule has 0 saturated carbocycles. The first kappa shape index (κ1) is 61.8. The summed E-state index contributed by atoms with van der Waals surface area (Å²) in [6, 6.07) is -0.628. The van der Waals surface area contributed by atoms with Crippen molar-refractivity contribution < 1.29 is 38.2 Å². The first-order valence-corrected chi connectivity index (χ1v) is 26.5. The molecule has 0 aliphatic rings. The van der Waals surface area contributed by atoms with E-state index in [2.05, 4.69) is 74.6 Å². The fourth-order valence-corrected chi connectivity index (χ4v) is 7.59. The highest BCUT2D eigenvalue weighted by molar-refractivity contribution is 5.72. The largest absolute Gasteiger partial charge is 0.477 e. The topological polar surface area (TPSA) is 99.1 Å². The van der Waals surface area contributed by atoms with Crippen LogP contribution in [-0.2, 0) is 28.6 Å². The van der Waals surface area contributed by atoms with Crippen LogP contribution in [0.5, 0.6) is 0 Å². The molecular weight excluding hydrogens is 811 g/mol. The molecule has 0 aliphatic carbocycles. The molecule has 0 fully saturated rings. The number of carboxylic acid groups (broad SMARTS) is 1. The Morgan fingerprint density at radius 1 is 0.477 bits per heavy atom. The molecule has 0 amide bonds. The van der Waals surface area contributed by atoms with Crippen molar-refractivity contribution in [1.82, 2.24) is 0 Å². The van der Waals surface area contributed by atoms with Crippen molar-refractivity contribution in [1.29, 1.82) is 0 Å². The third-order valence-electron chi connectivity index (χ3n) is 11.6. The van der Waals surface area contributed by atoms with Crippen LogP contribution in [0.2, 0.25) is 0 Å². The van der Waals surface area contributed by atoms with Gasteiger partial charge in [0.15, 0.2) is 12.1 Å². The molecule has 2 unspecified atom stereocenters. The van der Waals surface area contributed by atoms with Gasteiger partial charge < -0.3 is 23.8 Å². The molecule has 1 N–H and O–H groups in total. The predicted molar refractivity (Wildman–Crippen MR) is 275 cm³/mol. The van der Waals surface area contributed by atoms with E-state index in [0.29, 0.717) is 19.3 Å². The van der Waals surface area contributed by atoms with Gasteiger partial charge in [0.2, 0.25) is 0 Å². The molecule has 0 rings (SSSR count). The maximum absolute atomic E-state index is 12.8. The Morgan fingerprint density at radius 3 is 1.25 bits per heavy atom. The Hall–Kier alpha value is -3.23. The van der Waals surface area contributed by atoms with Crippen LogP contribution in [0.1, 0.15) is 219 Å². The van der Waals surface area contributed by atoms with Crippen LogP contribution in [0.15, 0.2) is 72.9 Å². The summed E-state index contributed by atoms with van der Waals surface area (Å²) in [5.74, 6) is -1.57. The lowest BCUT2D eigenvalue weighted by molar-refractivity contribution is -0.887. The van der Waals surface area contributed by atoms with Gasteiger partial charge in [-0.15, -0.1) is 0 Å². The van der Waals surface area contributed by atoms with Crippen molar-refractivity contribution in [3.05, 3.63) is 72.9 Å². The maximum Gasteiger partial charge on any atom is 0.362 e. The van der Waals surface area contributed by atoms with Gasteiger partial charge in [0, 0.05) is 19.3 Å². The summed E-state index contributed by atoms with van der Waals surface area (Å²) < 4.78 is 17.3. The predicted octanol–water partition coefficient (Wildman–Crippen LogP) is 15.5. The minimum Gasteiger partial charge on any atom is -0.477 e. The van der Waals surface area contributed by atoms with Gasteiger partial charge in [0.25, 0.3) is 0 Å². The molecular formula is C57H100NO7+. The number of carbonyl (C=O) groups excluding carboxylic acids is 2. The molecule has 0 saturated heterocycles. The number of carboxylic acids is 1. The number of rotatable bonds is 47. The highest BCUT2D eigenvalue weighted by Gasteiger charge is 2.31. The van der Waals surface area contributed by atoms with Crippen molar-refractivity contribution in [2.24, 2.45) is 0 Å². The molecule has 0 heterocycles. The van der Waals surface area contributed by atoms with Crippen LogP contribution in [0, 0.1) is 0 Å². The number of nitrogens with zero attached hydrogens (tertiary/aromatic N) is 1. The molecule has 8 nitrogen and oxygen atoms in total. The molecule has 0 radical (unpaired) electrons. The molecule has 2 atom stereocenters. The van der Waals surface area contributed by atoms with E-state index >= 15 is 0 Å². The smallest absolute Gasteiger partial charge is 0.362 e. The summed E-state index contributed by atoms with van der Waals surface area (Å²) in [5, 5.41) is 9.66. The molecule has 0 aromatic rings. The standard InChI is InChI=1S/C57H99NO7/c1-6-8-10-12-14-16-18-20-22-24-26-27-28-30-32-34-36-38-40-42-44-46-48-56(60)65-53(51-63-50-49-54(57(61)62)58(3,4)5)52-64-55(59)47-45-43-41-39-37-35-33-31-29-25-23-21-19-17-15-13-11-9-7-2/h9,11,15,17,21,23,29,31,35,37,41,43,53-54H,6-8,10,12-14,16,18-20,22,24-28,30,32-34,36,38-40,42,44-52H2,1-5H3/p+1/b11-9+,17-15+,23-21+,31-29+,37-35+,43-41+. The van der Waals surface area contributed by atoms with E-state index in [0.717, 1.165) is 57.8 Å². The van der Waals surface area contributed by atoms with Crippen LogP contribution in [0.25, 0.3) is 0 Å². The minimum atomic E-state index is -0.884. The summed E-state index contributed by atoms with van der Waals surface area (Å²) in [6.07, 6.45) is 61.2. The number of aliphatic carboxylic acids is 1. The summed E-state index contributed by atoms with van der Waals surface area (Å²) in [7, 11) is 5.51. The highest BCUT2D eigenvalue weighted by Crippen LogP contribution is 2.16. The summed E-state index contributed by atoms with van der Waals surface area (Å²) in [4.78, 5) is 37.1. The Labute approximate surface area is 400 Å². The maximum atomic E-state index is 12.8. The number of quaternary nitrogens is 1. The van der Waals surface area contributed by atoms with Crippen molar-refractivity contribution >= 4 is 17.9 Å². The number of likely N-dealkylation sites (N-methyl/N-ethyl adjacent to an activating group) is 1. The van der Waals surface area contributed by atoms with Crippen molar-refractivity contribution in [3.8, 4) is 0 Å². The molecule has 8 heteroatoms. The van der Waals surface area contributed by atoms with Gasteiger partial charge >= 0.3 is 17.9 Å². The lowest BCUT2D eigenvalue weighted by Crippen LogP contribution is -2.50. The van der Waals surface area contributed by atoms with Gasteiger partial charge in [-0.1, -0.05) is 222 Å². The summed E-state index contributed by atoms with van der Waals surface area (Å²) >= 11 is 0. The Kier molecular flexibility index (Phi) is 44.9. The second kappa shape index (κ2) is 47.3. The van der Waals surface area contributed by atoms with Crippen LogP contribution in [-0.4, -0.2) is 80.6 Å². The number of carbonyl (C=O) groups is 3. The van der Waals surface area contributed by atoms with Gasteiger partial charge in [-0.3, -0.25) is 9.59 Å². The normalized spacial score (nSPS) is 13.4. The summed E-state index contributed by atoms with van der Waals surface area (Å²) in [5.41, 5.74) is 0. The van der Waals surface area contributed by atoms with Crippen molar-refractivity contribution in [3.63, 3.8) is 0 Å². The Balaban J connectivity index is 4.31. The van der Waals surface area contributed by atoms with Gasteiger partial charge in [0.05, 0.1) is 34.4 Å². The monoisotopic (exact) mass is 911 g/mol. The second-order valence-corrected chi connectivity index (χ2v) is 18.8. The zero-order chi connectivity index (χ0) is 47.7. The van der Waals surface area contributed by atoms with Crippen molar-refractivity contribution in [2.75, 3.05) is 41.0 Å². The van der Waals surface area contributed by atoms with E-state index in [4.69, 9.17) is 14.2 Å². The fraction of sp³-hybridized carbons (Fsp3) is 0.737. The molecule has 65 heavy (non-hydrogen) atoms. The van der Waals surface area contributed by atoms with E-state index in [1.807, 2.05) is 33.3 Å². The third kappa shape index (κ3) is 45.7. The average Bonchev–Trinajstić information content (AvgIpc) is 3.27. The zero-order valence-corrected chi connectivity index (χ0v) is 42.7. The van der Waals surface area contributed by atoms with Crippen molar-refractivity contribution in [2.45, 2.75) is 231 Å².